The number of carbonyl (C=O) groups is 1. The molecule has 1 fully saturated rings. The highest BCUT2D eigenvalue weighted by Crippen LogP contribution is 2.32. The largest absolute Gasteiger partial charge is 0.339 e. The Labute approximate surface area is 162 Å². The summed E-state index contributed by atoms with van der Waals surface area (Å²) in [7, 11) is 3.59. The van der Waals surface area contributed by atoms with Gasteiger partial charge in [-0.1, -0.05) is 18.0 Å². The van der Waals surface area contributed by atoms with Gasteiger partial charge in [0, 0.05) is 31.3 Å². The van der Waals surface area contributed by atoms with E-state index in [1.165, 1.54) is 17.7 Å². The molecule has 9 nitrogen and oxygen atoms in total. The molecule has 0 aliphatic heterocycles. The number of carbonyl (C=O) groups excluding carboxylic acids is 1. The summed E-state index contributed by atoms with van der Waals surface area (Å²) in [6.07, 6.45) is 6.26. The van der Waals surface area contributed by atoms with Gasteiger partial charge in [-0.25, -0.2) is 4.79 Å². The SMILES string of the molecule is CN(Cc1noc(C2CCCC2)n1)C(=O)Nc1ccc(-c2nncn2C)cc1. The topological polar surface area (TPSA) is 102 Å². The molecule has 9 heteroatoms. The molecular formula is C19H23N7O2. The van der Waals surface area contributed by atoms with Crippen LogP contribution in [0.1, 0.15) is 43.3 Å². The Bertz CT molecular complexity index is 941. The standard InChI is InChI=1S/C19H23N7O2/c1-25(11-16-22-18(28-24-16)14-5-3-4-6-14)19(27)21-15-9-7-13(8-10-15)17-23-20-12-26(17)2/h7-10,12,14H,3-6,11H2,1-2H3,(H,21,27). The summed E-state index contributed by atoms with van der Waals surface area (Å²) in [5.74, 6) is 2.36. The van der Waals surface area contributed by atoms with E-state index in [0.717, 1.165) is 24.2 Å². The first kappa shape index (κ1) is 18.1. The molecule has 2 aromatic heterocycles. The molecule has 0 bridgehead atoms. The van der Waals surface area contributed by atoms with Crippen LogP contribution in [0.25, 0.3) is 11.4 Å². The van der Waals surface area contributed by atoms with E-state index in [0.29, 0.717) is 29.9 Å². The van der Waals surface area contributed by atoms with Gasteiger partial charge in [0.15, 0.2) is 11.6 Å². The molecule has 0 spiro atoms. The molecule has 1 saturated carbocycles. The fourth-order valence-electron chi connectivity index (χ4n) is 3.42. The molecule has 1 aromatic carbocycles. The molecule has 3 aromatic rings. The lowest BCUT2D eigenvalue weighted by Crippen LogP contribution is -2.31. The normalized spacial score (nSPS) is 14.4. The zero-order valence-corrected chi connectivity index (χ0v) is 16.0. The number of aromatic nitrogens is 5. The number of amides is 2. The third kappa shape index (κ3) is 3.88. The second kappa shape index (κ2) is 7.79. The first-order valence-electron chi connectivity index (χ1n) is 9.39. The lowest BCUT2D eigenvalue weighted by molar-refractivity contribution is 0.219. The van der Waals surface area contributed by atoms with E-state index in [1.54, 1.807) is 13.4 Å². The third-order valence-electron chi connectivity index (χ3n) is 5.02. The minimum absolute atomic E-state index is 0.237. The van der Waals surface area contributed by atoms with Gasteiger partial charge < -0.3 is 19.3 Å². The van der Waals surface area contributed by atoms with Crippen molar-refractivity contribution < 1.29 is 9.32 Å². The number of hydrogen-bond acceptors (Lipinski definition) is 6. The van der Waals surface area contributed by atoms with Crippen LogP contribution in [0.2, 0.25) is 0 Å². The number of anilines is 1. The van der Waals surface area contributed by atoms with Crippen LogP contribution in [-0.2, 0) is 13.6 Å². The van der Waals surface area contributed by atoms with Crippen LogP contribution in [0.5, 0.6) is 0 Å². The number of urea groups is 1. The van der Waals surface area contributed by atoms with Crippen molar-refractivity contribution in [1.29, 1.82) is 0 Å². The Morgan fingerprint density at radius 2 is 2.04 bits per heavy atom. The zero-order chi connectivity index (χ0) is 19.5. The Balaban J connectivity index is 1.34. The van der Waals surface area contributed by atoms with Gasteiger partial charge in [-0.3, -0.25) is 0 Å². The summed E-state index contributed by atoms with van der Waals surface area (Å²) in [6, 6.07) is 7.22. The maximum absolute atomic E-state index is 12.4. The van der Waals surface area contributed by atoms with Crippen LogP contribution in [0.4, 0.5) is 10.5 Å². The van der Waals surface area contributed by atoms with Crippen molar-refractivity contribution in [2.45, 2.75) is 38.1 Å². The molecule has 4 rings (SSSR count). The first-order chi connectivity index (χ1) is 13.6. The lowest BCUT2D eigenvalue weighted by Gasteiger charge is -2.16. The second-order valence-electron chi connectivity index (χ2n) is 7.16. The molecule has 2 amide bonds. The van der Waals surface area contributed by atoms with E-state index < -0.39 is 0 Å². The van der Waals surface area contributed by atoms with E-state index in [9.17, 15) is 4.79 Å². The van der Waals surface area contributed by atoms with Gasteiger partial charge in [0.2, 0.25) is 5.89 Å². The number of nitrogens with one attached hydrogen (secondary N) is 1. The Hall–Kier alpha value is -3.23. The molecule has 0 atom stereocenters. The number of nitrogens with zero attached hydrogens (tertiary/aromatic N) is 6. The summed E-state index contributed by atoms with van der Waals surface area (Å²) in [4.78, 5) is 18.4. The van der Waals surface area contributed by atoms with E-state index >= 15 is 0 Å². The predicted octanol–water partition coefficient (Wildman–Crippen LogP) is 3.19. The van der Waals surface area contributed by atoms with E-state index in [-0.39, 0.29) is 6.03 Å². The van der Waals surface area contributed by atoms with Crippen LogP contribution in [0.3, 0.4) is 0 Å². The van der Waals surface area contributed by atoms with Crippen molar-refractivity contribution in [2.24, 2.45) is 7.05 Å². The predicted molar refractivity (Wildman–Crippen MR) is 102 cm³/mol. The highest BCUT2D eigenvalue weighted by atomic mass is 16.5. The third-order valence-corrected chi connectivity index (χ3v) is 5.02. The Morgan fingerprint density at radius 3 is 2.71 bits per heavy atom. The fraction of sp³-hybridized carbons (Fsp3) is 0.421. The maximum Gasteiger partial charge on any atom is 0.321 e. The van der Waals surface area contributed by atoms with E-state index in [4.69, 9.17) is 4.52 Å². The molecule has 0 saturated heterocycles. The molecule has 2 heterocycles. The molecule has 1 N–H and O–H groups in total. The van der Waals surface area contributed by atoms with Crippen molar-refractivity contribution in [3.8, 4) is 11.4 Å². The highest BCUT2D eigenvalue weighted by Gasteiger charge is 2.23. The summed E-state index contributed by atoms with van der Waals surface area (Å²) < 4.78 is 7.21. The van der Waals surface area contributed by atoms with E-state index in [2.05, 4.69) is 25.7 Å². The Kier molecular flexibility index (Phi) is 5.05. The van der Waals surface area contributed by atoms with Crippen LogP contribution in [-0.4, -0.2) is 42.9 Å². The molecule has 0 unspecified atom stereocenters. The molecule has 28 heavy (non-hydrogen) atoms. The number of rotatable bonds is 5. The quantitative estimate of drug-likeness (QED) is 0.728. The van der Waals surface area contributed by atoms with Gasteiger partial charge >= 0.3 is 6.03 Å². The van der Waals surface area contributed by atoms with Crippen LogP contribution in [0.15, 0.2) is 35.1 Å². The van der Waals surface area contributed by atoms with Crippen molar-refractivity contribution in [1.82, 2.24) is 29.8 Å². The molecule has 1 aliphatic carbocycles. The summed E-state index contributed by atoms with van der Waals surface area (Å²) in [5, 5.41) is 14.8. The smallest absolute Gasteiger partial charge is 0.321 e. The summed E-state index contributed by atoms with van der Waals surface area (Å²) in [5.41, 5.74) is 1.63. The summed E-state index contributed by atoms with van der Waals surface area (Å²) >= 11 is 0. The van der Waals surface area contributed by atoms with Crippen molar-refractivity contribution in [3.63, 3.8) is 0 Å². The monoisotopic (exact) mass is 381 g/mol. The van der Waals surface area contributed by atoms with Crippen molar-refractivity contribution >= 4 is 11.7 Å². The van der Waals surface area contributed by atoms with Gasteiger partial charge in [0.1, 0.15) is 6.33 Å². The van der Waals surface area contributed by atoms with Gasteiger partial charge in [-0.15, -0.1) is 10.2 Å². The van der Waals surface area contributed by atoms with Crippen LogP contribution < -0.4 is 5.32 Å². The highest BCUT2D eigenvalue weighted by molar-refractivity contribution is 5.89. The number of benzene rings is 1. The van der Waals surface area contributed by atoms with Crippen LogP contribution in [0, 0.1) is 0 Å². The Morgan fingerprint density at radius 1 is 1.29 bits per heavy atom. The molecule has 146 valence electrons. The molecular weight excluding hydrogens is 358 g/mol. The number of hydrogen-bond donors (Lipinski definition) is 1. The van der Waals surface area contributed by atoms with Crippen molar-refractivity contribution in [2.75, 3.05) is 12.4 Å². The number of aryl methyl sites for hydroxylation is 1. The fourth-order valence-corrected chi connectivity index (χ4v) is 3.42. The van der Waals surface area contributed by atoms with Gasteiger partial charge in [-0.05, 0) is 37.1 Å². The van der Waals surface area contributed by atoms with Gasteiger partial charge in [-0.2, -0.15) is 4.98 Å². The average molecular weight is 381 g/mol. The minimum atomic E-state index is -0.237. The van der Waals surface area contributed by atoms with Gasteiger partial charge in [0.25, 0.3) is 0 Å². The summed E-state index contributed by atoms with van der Waals surface area (Å²) in [6.45, 7) is 0.291. The molecule has 0 radical (unpaired) electrons. The first-order valence-corrected chi connectivity index (χ1v) is 9.39. The second-order valence-corrected chi connectivity index (χ2v) is 7.16. The lowest BCUT2D eigenvalue weighted by atomic mass is 10.1. The van der Waals surface area contributed by atoms with Crippen molar-refractivity contribution in [3.05, 3.63) is 42.3 Å². The zero-order valence-electron chi connectivity index (χ0n) is 16.0. The maximum atomic E-state index is 12.4. The minimum Gasteiger partial charge on any atom is -0.339 e. The average Bonchev–Trinajstić information content (AvgIpc) is 3.44. The molecule has 1 aliphatic rings. The van der Waals surface area contributed by atoms with Crippen LogP contribution >= 0.6 is 0 Å². The van der Waals surface area contributed by atoms with Gasteiger partial charge in [0.05, 0.1) is 6.54 Å². The van der Waals surface area contributed by atoms with E-state index in [1.807, 2.05) is 35.9 Å².